The minimum atomic E-state index is -0.606. The fourth-order valence-electron chi connectivity index (χ4n) is 2.78. The van der Waals surface area contributed by atoms with Gasteiger partial charge >= 0.3 is 0 Å². The van der Waals surface area contributed by atoms with Crippen LogP contribution >= 0.6 is 11.3 Å². The highest BCUT2D eigenvalue weighted by atomic mass is 32.1. The normalized spacial score (nSPS) is 10.4. The van der Waals surface area contributed by atoms with Crippen LogP contribution in [0.5, 0.6) is 5.75 Å². The van der Waals surface area contributed by atoms with E-state index in [1.165, 1.54) is 18.1 Å². The summed E-state index contributed by atoms with van der Waals surface area (Å²) in [6.45, 7) is 1.66. The SMILES string of the molecule is COc1cccc2cc(C(=O)Nc3sc(C(=O)N(C)C)c(C)c3C#N)c(=N)oc12. The smallest absolute Gasteiger partial charge is 0.263 e. The van der Waals surface area contributed by atoms with E-state index in [1.54, 1.807) is 39.2 Å². The van der Waals surface area contributed by atoms with Crippen molar-refractivity contribution in [3.05, 3.63) is 51.4 Å². The van der Waals surface area contributed by atoms with Gasteiger partial charge in [-0.2, -0.15) is 5.26 Å². The molecule has 0 unspecified atom stereocenters. The molecule has 0 saturated heterocycles. The molecule has 2 N–H and O–H groups in total. The number of hydrogen-bond donors (Lipinski definition) is 2. The van der Waals surface area contributed by atoms with Gasteiger partial charge in [0.15, 0.2) is 11.3 Å². The molecular weight excluding hydrogens is 392 g/mol. The van der Waals surface area contributed by atoms with Crippen LogP contribution in [-0.4, -0.2) is 37.9 Å². The third kappa shape index (κ3) is 3.58. The number of methoxy groups -OCH3 is 1. The Bertz CT molecular complexity index is 1230. The van der Waals surface area contributed by atoms with Gasteiger partial charge in [-0.1, -0.05) is 12.1 Å². The Morgan fingerprint density at radius 3 is 2.69 bits per heavy atom. The largest absolute Gasteiger partial charge is 0.493 e. The van der Waals surface area contributed by atoms with Gasteiger partial charge in [-0.3, -0.25) is 15.0 Å². The average Bonchev–Trinajstić information content (AvgIpc) is 3.00. The van der Waals surface area contributed by atoms with E-state index in [9.17, 15) is 14.9 Å². The number of amides is 2. The summed E-state index contributed by atoms with van der Waals surface area (Å²) in [7, 11) is 4.72. The number of para-hydroxylation sites is 1. The van der Waals surface area contributed by atoms with Crippen LogP contribution in [0.4, 0.5) is 5.00 Å². The molecule has 2 amide bonds. The van der Waals surface area contributed by atoms with Crippen molar-refractivity contribution in [2.75, 3.05) is 26.5 Å². The zero-order valence-corrected chi connectivity index (χ0v) is 17.1. The standard InChI is InChI=1S/C20H18N4O4S/c1-10-13(9-21)19(29-16(10)20(26)24(2)3)23-18(25)12-8-11-6-5-7-14(27-4)15(11)28-17(12)22/h5-8,22H,1-4H3,(H,23,25). The number of nitrogens with one attached hydrogen (secondary N) is 2. The highest BCUT2D eigenvalue weighted by Gasteiger charge is 2.23. The average molecular weight is 410 g/mol. The Morgan fingerprint density at radius 2 is 2.07 bits per heavy atom. The number of thiophene rings is 1. The first-order valence-corrected chi connectivity index (χ1v) is 9.32. The minimum Gasteiger partial charge on any atom is -0.493 e. The number of rotatable bonds is 4. The number of carbonyl (C=O) groups excluding carboxylic acids is 2. The topological polar surface area (TPSA) is 119 Å². The van der Waals surface area contributed by atoms with Crippen LogP contribution in [0.2, 0.25) is 0 Å². The molecule has 0 saturated carbocycles. The molecule has 0 aliphatic rings. The van der Waals surface area contributed by atoms with Crippen molar-refractivity contribution < 1.29 is 18.7 Å². The molecule has 148 valence electrons. The van der Waals surface area contributed by atoms with E-state index in [4.69, 9.17) is 14.6 Å². The molecule has 9 heteroatoms. The number of nitriles is 1. The molecule has 0 atom stereocenters. The first-order valence-electron chi connectivity index (χ1n) is 8.50. The summed E-state index contributed by atoms with van der Waals surface area (Å²) < 4.78 is 10.7. The van der Waals surface area contributed by atoms with Crippen LogP contribution in [-0.2, 0) is 0 Å². The van der Waals surface area contributed by atoms with Crippen molar-refractivity contribution in [1.82, 2.24) is 4.90 Å². The van der Waals surface area contributed by atoms with E-state index >= 15 is 0 Å². The second kappa shape index (κ2) is 7.77. The number of carbonyl (C=O) groups is 2. The summed E-state index contributed by atoms with van der Waals surface area (Å²) in [5, 5.41) is 21.1. The van der Waals surface area contributed by atoms with Gasteiger partial charge in [0.1, 0.15) is 16.6 Å². The Morgan fingerprint density at radius 1 is 1.34 bits per heavy atom. The number of ether oxygens (including phenoxy) is 1. The Hall–Kier alpha value is -3.64. The number of hydrogen-bond acceptors (Lipinski definition) is 7. The van der Waals surface area contributed by atoms with Crippen molar-refractivity contribution >= 4 is 39.1 Å². The van der Waals surface area contributed by atoms with Crippen molar-refractivity contribution in [3.8, 4) is 11.8 Å². The molecule has 29 heavy (non-hydrogen) atoms. The molecule has 1 aromatic carbocycles. The maximum Gasteiger partial charge on any atom is 0.263 e. The quantitative estimate of drug-likeness (QED) is 0.685. The number of fused-ring (bicyclic) bond motifs is 1. The monoisotopic (exact) mass is 410 g/mol. The lowest BCUT2D eigenvalue weighted by molar-refractivity contribution is 0.0831. The molecule has 8 nitrogen and oxygen atoms in total. The van der Waals surface area contributed by atoms with Crippen LogP contribution in [0, 0.1) is 23.7 Å². The molecule has 0 bridgehead atoms. The van der Waals surface area contributed by atoms with Crippen molar-refractivity contribution in [1.29, 1.82) is 10.7 Å². The van der Waals surface area contributed by atoms with Gasteiger partial charge in [-0.25, -0.2) is 0 Å². The zero-order valence-electron chi connectivity index (χ0n) is 16.2. The van der Waals surface area contributed by atoms with Crippen molar-refractivity contribution in [2.24, 2.45) is 0 Å². The highest BCUT2D eigenvalue weighted by molar-refractivity contribution is 7.18. The summed E-state index contributed by atoms with van der Waals surface area (Å²) in [5.74, 6) is -0.404. The Kier molecular flexibility index (Phi) is 5.39. The summed E-state index contributed by atoms with van der Waals surface area (Å²) in [6.07, 6.45) is 0. The number of benzene rings is 1. The van der Waals surface area contributed by atoms with Gasteiger partial charge < -0.3 is 19.4 Å². The van der Waals surface area contributed by atoms with Crippen molar-refractivity contribution in [3.63, 3.8) is 0 Å². The molecule has 0 fully saturated rings. The molecule has 3 rings (SSSR count). The molecule has 0 radical (unpaired) electrons. The van der Waals surface area contributed by atoms with Gasteiger partial charge in [0.25, 0.3) is 11.8 Å². The lowest BCUT2D eigenvalue weighted by atomic mass is 10.1. The minimum absolute atomic E-state index is 0.00109. The van der Waals surface area contributed by atoms with Crippen LogP contribution in [0.25, 0.3) is 11.0 Å². The van der Waals surface area contributed by atoms with Gasteiger partial charge in [0.2, 0.25) is 5.55 Å². The highest BCUT2D eigenvalue weighted by Crippen LogP contribution is 2.33. The molecule has 3 aromatic rings. The van der Waals surface area contributed by atoms with Crippen LogP contribution in [0.3, 0.4) is 0 Å². The molecule has 2 aromatic heterocycles. The molecule has 0 aliphatic carbocycles. The summed E-state index contributed by atoms with van der Waals surface area (Å²) >= 11 is 1.03. The van der Waals surface area contributed by atoms with Crippen LogP contribution < -0.4 is 15.6 Å². The lowest BCUT2D eigenvalue weighted by Gasteiger charge is -2.08. The van der Waals surface area contributed by atoms with E-state index in [2.05, 4.69) is 5.32 Å². The van der Waals surface area contributed by atoms with E-state index in [-0.39, 0.29) is 27.6 Å². The van der Waals surface area contributed by atoms with Crippen LogP contribution in [0.15, 0.2) is 28.7 Å². The number of anilines is 1. The molecule has 0 spiro atoms. The molecular formula is C20H18N4O4S. The summed E-state index contributed by atoms with van der Waals surface area (Å²) in [6, 6.07) is 8.74. The van der Waals surface area contributed by atoms with Crippen molar-refractivity contribution in [2.45, 2.75) is 6.92 Å². The maximum atomic E-state index is 12.8. The zero-order chi connectivity index (χ0) is 21.3. The Labute approximate surface area is 170 Å². The van der Waals surface area contributed by atoms with E-state index in [1.807, 2.05) is 6.07 Å². The van der Waals surface area contributed by atoms with Crippen LogP contribution in [0.1, 0.15) is 31.2 Å². The fraction of sp³-hybridized carbons (Fsp3) is 0.200. The van der Waals surface area contributed by atoms with E-state index in [0.29, 0.717) is 27.2 Å². The van der Waals surface area contributed by atoms with Gasteiger partial charge in [0, 0.05) is 19.5 Å². The van der Waals surface area contributed by atoms with E-state index < -0.39 is 5.91 Å². The number of nitrogens with zero attached hydrogens (tertiary/aromatic N) is 2. The fourth-order valence-corrected chi connectivity index (χ4v) is 3.95. The Balaban J connectivity index is 2.02. The molecule has 0 aliphatic heterocycles. The second-order valence-electron chi connectivity index (χ2n) is 6.39. The van der Waals surface area contributed by atoms with Gasteiger partial charge in [-0.15, -0.1) is 11.3 Å². The maximum absolute atomic E-state index is 12.8. The first kappa shape index (κ1) is 20.1. The lowest BCUT2D eigenvalue weighted by Crippen LogP contribution is -2.21. The third-order valence-electron chi connectivity index (χ3n) is 4.31. The second-order valence-corrected chi connectivity index (χ2v) is 7.41. The predicted molar refractivity (Wildman–Crippen MR) is 108 cm³/mol. The van der Waals surface area contributed by atoms with Gasteiger partial charge in [-0.05, 0) is 24.6 Å². The summed E-state index contributed by atoms with van der Waals surface area (Å²) in [4.78, 5) is 26.9. The molecule has 2 heterocycles. The third-order valence-corrected chi connectivity index (χ3v) is 5.50. The van der Waals surface area contributed by atoms with Gasteiger partial charge in [0.05, 0.1) is 17.6 Å². The summed E-state index contributed by atoms with van der Waals surface area (Å²) in [5.41, 5.74) is 0.752. The first-order chi connectivity index (χ1) is 13.8. The predicted octanol–water partition coefficient (Wildman–Crippen LogP) is 3.12. The van der Waals surface area contributed by atoms with E-state index in [0.717, 1.165) is 11.3 Å².